The monoisotopic (exact) mass is 1530 g/mol. The smallest absolute Gasteiger partial charge is 0.184 e. The fourth-order valence-corrected chi connectivity index (χ4v) is 11.8. The first kappa shape index (κ1) is 57.3. The Labute approximate surface area is 535 Å². The van der Waals surface area contributed by atoms with Gasteiger partial charge in [0.1, 0.15) is 11.0 Å². The van der Waals surface area contributed by atoms with E-state index in [-0.39, 0.29) is 37.1 Å². The zero-order valence-electron chi connectivity index (χ0n) is 45.4. The molecule has 0 unspecified atom stereocenters. The maximum Gasteiger partial charge on any atom is 0.184 e. The van der Waals surface area contributed by atoms with Crippen LogP contribution in [0, 0.1) is 39.9 Å². The summed E-state index contributed by atoms with van der Waals surface area (Å²) >= 11 is 9.24. The molecule has 14 nitrogen and oxygen atoms in total. The normalized spacial score (nSPS) is 22.4. The molecule has 4 aliphatic carbocycles. The van der Waals surface area contributed by atoms with E-state index in [2.05, 4.69) is 84.6 Å². The van der Waals surface area contributed by atoms with Gasteiger partial charge in [-0.25, -0.2) is 32.3 Å². The number of rotatable bonds is 8. The third-order valence-corrected chi connectivity index (χ3v) is 16.8. The molecular weight excluding hydrogens is 1470 g/mol. The Hall–Kier alpha value is -3.52. The number of halogens is 4. The molecule has 6 heterocycles. The van der Waals surface area contributed by atoms with Gasteiger partial charge in [0, 0.05) is 76.0 Å². The van der Waals surface area contributed by atoms with E-state index in [1.54, 1.807) is 21.4 Å². The summed E-state index contributed by atoms with van der Waals surface area (Å²) in [5.41, 5.74) is 27.4. The van der Waals surface area contributed by atoms with Crippen LogP contribution in [0.1, 0.15) is 82.2 Å². The molecule has 0 bridgehead atoms. The minimum Gasteiger partial charge on any atom is -0.389 e. The summed E-state index contributed by atoms with van der Waals surface area (Å²) in [4.78, 5) is 30.6. The van der Waals surface area contributed by atoms with Crippen molar-refractivity contribution < 1.29 is 50.1 Å². The molecule has 20 heteroatoms. The first-order valence-electron chi connectivity index (χ1n) is 26.5. The molecule has 0 aliphatic heterocycles. The Morgan fingerprint density at radius 3 is 1.32 bits per heavy atom. The van der Waals surface area contributed by atoms with Crippen LogP contribution in [0.4, 0.5) is 0 Å². The van der Waals surface area contributed by atoms with Gasteiger partial charge in [-0.05, 0) is 111 Å². The first-order chi connectivity index (χ1) is 37.8. The molecule has 10 aromatic rings. The Morgan fingerprint density at radius 2 is 0.924 bits per heavy atom. The number of hydrogen-bond donors (Lipinski definition) is 4. The van der Waals surface area contributed by atoms with Gasteiger partial charge in [0.15, 0.2) is 22.6 Å². The number of nitrogens with zero attached hydrogens (tertiary/aromatic N) is 10. The second-order valence-electron chi connectivity index (χ2n) is 21.1. The predicted molar refractivity (Wildman–Crippen MR) is 333 cm³/mol. The summed E-state index contributed by atoms with van der Waals surface area (Å²) in [5, 5.41) is 31.0. The molecule has 4 saturated carbocycles. The average molecular weight is 1530 g/mol. The second kappa shape index (κ2) is 24.0. The van der Waals surface area contributed by atoms with Crippen LogP contribution in [0.25, 0.3) is 78.7 Å². The molecule has 404 valence electrons. The fraction of sp³-hybridized carbons (Fsp3) is 0.288. The van der Waals surface area contributed by atoms with Gasteiger partial charge in [-0.3, -0.25) is 4.91 Å². The summed E-state index contributed by atoms with van der Waals surface area (Å²) in [6, 6.07) is 36.7. The van der Waals surface area contributed by atoms with Gasteiger partial charge >= 0.3 is 0 Å². The molecular formula is C59H56BrI3N12O2V2-2. The van der Waals surface area contributed by atoms with Crippen molar-refractivity contribution in [3.63, 3.8) is 0 Å². The minimum atomic E-state index is -0.590. The van der Waals surface area contributed by atoms with Crippen molar-refractivity contribution >= 4 is 117 Å². The Morgan fingerprint density at radius 1 is 0.582 bits per heavy atom. The van der Waals surface area contributed by atoms with Crippen LogP contribution in [-0.4, -0.2) is 70.5 Å². The summed E-state index contributed by atoms with van der Waals surface area (Å²) in [6.45, 7) is 5.94. The number of nitrogens with two attached hydrogens (primary N) is 2. The summed E-state index contributed by atoms with van der Waals surface area (Å²) in [6.07, 6.45) is 10.5. The van der Waals surface area contributed by atoms with Crippen molar-refractivity contribution in [1.29, 1.82) is 0 Å². The topological polar surface area (TPSA) is 204 Å². The third kappa shape index (κ3) is 11.5. The Kier molecular flexibility index (Phi) is 17.4. The summed E-state index contributed by atoms with van der Waals surface area (Å²) in [7, 11) is 0. The molecule has 0 saturated heterocycles. The Bertz CT molecular complexity index is 3630. The SMILES string of the molecule is Cc1nn2c(ncc3nc(-c4ccccc4)c(-c4ccc(C5(N)CC(O)(C6CC6)C5)cc4)nc32)c1Br.Cc1nn2c(ncc3nc(-c4ccccc4)c(-c4ccc(C5(N)CC(O)(C6CC6)C5)cc4)nc32)c1C.[2H][C-](I)I.[2H][CH-]I.[V].[V]. The van der Waals surface area contributed by atoms with Crippen molar-refractivity contribution in [1.82, 2.24) is 49.1 Å². The van der Waals surface area contributed by atoms with Gasteiger partial charge in [0.25, 0.3) is 0 Å². The van der Waals surface area contributed by atoms with Crippen LogP contribution < -0.4 is 11.5 Å². The molecule has 0 spiro atoms. The maximum atomic E-state index is 10.8. The van der Waals surface area contributed by atoms with Crippen molar-refractivity contribution in [3.05, 3.63) is 161 Å². The van der Waals surface area contributed by atoms with Crippen molar-refractivity contribution in [3.8, 4) is 45.0 Å². The van der Waals surface area contributed by atoms with Crippen LogP contribution in [0.5, 0.6) is 0 Å². The molecule has 79 heavy (non-hydrogen) atoms. The number of aryl methyl sites for hydroxylation is 3. The molecule has 2 radical (unpaired) electrons. The van der Waals surface area contributed by atoms with E-state index in [1.807, 2.05) is 149 Å². The molecule has 4 fully saturated rings. The van der Waals surface area contributed by atoms with Crippen LogP contribution in [-0.2, 0) is 48.2 Å². The van der Waals surface area contributed by atoms with E-state index >= 15 is 0 Å². The van der Waals surface area contributed by atoms with Gasteiger partial charge in [-0.15, -0.1) is 0 Å². The van der Waals surface area contributed by atoms with E-state index < -0.39 is 22.3 Å². The van der Waals surface area contributed by atoms with Gasteiger partial charge in [-0.2, -0.15) is 22.0 Å². The van der Waals surface area contributed by atoms with Crippen LogP contribution >= 0.6 is 83.7 Å². The summed E-state index contributed by atoms with van der Waals surface area (Å²) in [5.74, 6) is 0.850. The van der Waals surface area contributed by atoms with Crippen LogP contribution in [0.15, 0.2) is 126 Å². The minimum absolute atomic E-state index is 0. The number of aliphatic hydroxyl groups is 2. The van der Waals surface area contributed by atoms with E-state index in [9.17, 15) is 10.2 Å². The van der Waals surface area contributed by atoms with Gasteiger partial charge in [0.2, 0.25) is 0 Å². The van der Waals surface area contributed by atoms with Gasteiger partial charge in [-0.1, -0.05) is 109 Å². The van der Waals surface area contributed by atoms with E-state index in [1.165, 1.54) is 4.91 Å². The maximum absolute atomic E-state index is 10.8. The van der Waals surface area contributed by atoms with Gasteiger partial charge in [0.05, 0.1) is 62.2 Å². The van der Waals surface area contributed by atoms with E-state index in [0.29, 0.717) is 67.9 Å². The van der Waals surface area contributed by atoms with Crippen LogP contribution in [0.2, 0.25) is 0 Å². The molecule has 4 aliphatic rings. The fourth-order valence-electron chi connectivity index (χ4n) is 11.5. The average Bonchev–Trinajstić information content (AvgIpc) is 4.46. The van der Waals surface area contributed by atoms with Crippen molar-refractivity contribution in [2.45, 2.75) is 94.4 Å². The number of hydrogen-bond acceptors (Lipinski definition) is 12. The van der Waals surface area contributed by atoms with E-state index in [0.717, 1.165) is 109 Å². The molecule has 14 rings (SSSR count). The zero-order chi connectivity index (χ0) is 55.6. The number of aromatic nitrogens is 10. The van der Waals surface area contributed by atoms with Crippen LogP contribution in [0.3, 0.4) is 0 Å². The quantitative estimate of drug-likeness (QED) is 0.0829. The number of benzene rings is 4. The third-order valence-electron chi connectivity index (χ3n) is 15.8. The molecule has 0 atom stereocenters. The molecule has 6 aromatic heterocycles. The summed E-state index contributed by atoms with van der Waals surface area (Å²) < 4.78 is 17.5. The Balaban J connectivity index is 0.000000172. The van der Waals surface area contributed by atoms with Crippen molar-refractivity contribution in [2.75, 3.05) is 0 Å². The number of fused-ring (bicyclic) bond motifs is 6. The van der Waals surface area contributed by atoms with Crippen molar-refractivity contribution in [2.24, 2.45) is 23.3 Å². The molecule has 6 N–H and O–H groups in total. The zero-order valence-corrected chi connectivity index (χ0v) is 54.2. The molecule has 0 amide bonds. The van der Waals surface area contributed by atoms with Gasteiger partial charge < -0.3 is 89.5 Å². The first-order valence-corrected chi connectivity index (χ1v) is 29.6. The largest absolute Gasteiger partial charge is 0.389 e. The predicted octanol–water partition coefficient (Wildman–Crippen LogP) is 13.1. The molecule has 4 aromatic carbocycles. The standard InChI is InChI=1S/C29H28N6O.C28H25BrN6O.CHI2.CH2I.2V/c1-17-18(2)34-35-26(17)31-14-23-27(35)33-25(24(32-23)19-6-4-3-5-7-19)20-8-10-21(11-9-20)28(30)15-29(36,16-28)22-12-13-22;1-16-22(29)26-31-13-21-25(35(26)34-16)33-24(23(32-21)17-5-3-2-4-6-17)18-7-9-19(10-8-18)27(30)14-28(36,15-27)20-11-12-20;2-1-3;1-2;;/h3-11,14,22,36H,12-13,15-16,30H2,1-2H3;2-10,13,20,36H,11-12,14-15,30H2,1H3;1H;1H2;;/q;;2*-1;;/i;;2*1D;;. The van der Waals surface area contributed by atoms with E-state index in [4.69, 9.17) is 34.1 Å². The second-order valence-corrected chi connectivity index (χ2v) is 25.0.